The molecule has 0 aliphatic rings. The Labute approximate surface area is 121 Å². The Bertz CT molecular complexity index is 910. The summed E-state index contributed by atoms with van der Waals surface area (Å²) in [4.78, 5) is 8.80. The van der Waals surface area contributed by atoms with E-state index in [4.69, 9.17) is 4.74 Å². The lowest BCUT2D eigenvalue weighted by Crippen LogP contribution is -1.83. The second-order valence-corrected chi connectivity index (χ2v) is 4.88. The average molecular weight is 275 g/mol. The molecule has 0 N–H and O–H groups in total. The molecule has 0 aliphatic heterocycles. The third kappa shape index (κ3) is 2.01. The molecule has 0 saturated carbocycles. The zero-order valence-electron chi connectivity index (χ0n) is 11.5. The highest BCUT2D eigenvalue weighted by molar-refractivity contribution is 5.88. The molecule has 0 spiro atoms. The Morgan fingerprint density at radius 3 is 2.76 bits per heavy atom. The molecule has 4 aromatic rings. The van der Waals surface area contributed by atoms with Gasteiger partial charge in [0.25, 0.3) is 0 Å². The molecule has 0 saturated heterocycles. The molecule has 0 radical (unpaired) electrons. The van der Waals surface area contributed by atoms with Gasteiger partial charge >= 0.3 is 0 Å². The van der Waals surface area contributed by atoms with Crippen LogP contribution in [0.5, 0.6) is 5.75 Å². The van der Waals surface area contributed by atoms with Crippen molar-refractivity contribution in [3.63, 3.8) is 0 Å². The van der Waals surface area contributed by atoms with Crippen LogP contribution in [0, 0.1) is 0 Å². The van der Waals surface area contributed by atoms with Crippen LogP contribution < -0.4 is 4.74 Å². The number of ether oxygens (including phenoxy) is 1. The summed E-state index contributed by atoms with van der Waals surface area (Å²) in [6, 6.07) is 14.3. The van der Waals surface area contributed by atoms with Gasteiger partial charge in [0.2, 0.25) is 5.78 Å². The molecule has 4 nitrogen and oxygen atoms in total. The summed E-state index contributed by atoms with van der Waals surface area (Å²) in [6.45, 7) is 0. The summed E-state index contributed by atoms with van der Waals surface area (Å²) < 4.78 is 7.18. The van der Waals surface area contributed by atoms with Crippen LogP contribution in [-0.2, 0) is 0 Å². The van der Waals surface area contributed by atoms with Crippen molar-refractivity contribution in [3.05, 3.63) is 61.1 Å². The van der Waals surface area contributed by atoms with Crippen LogP contribution in [0.1, 0.15) is 0 Å². The lowest BCUT2D eigenvalue weighted by Gasteiger charge is -2.04. The average Bonchev–Trinajstić information content (AvgIpc) is 2.98. The van der Waals surface area contributed by atoms with Gasteiger partial charge in [0, 0.05) is 24.2 Å². The summed E-state index contributed by atoms with van der Waals surface area (Å²) in [5.74, 6) is 1.58. The van der Waals surface area contributed by atoms with Crippen LogP contribution in [0.25, 0.3) is 27.8 Å². The van der Waals surface area contributed by atoms with E-state index in [1.165, 1.54) is 5.39 Å². The Hall–Kier alpha value is -2.88. The van der Waals surface area contributed by atoms with E-state index in [-0.39, 0.29) is 0 Å². The van der Waals surface area contributed by atoms with Crippen molar-refractivity contribution in [2.45, 2.75) is 0 Å². The standard InChI is InChI=1S/C17H13N3O/c1-21-15-6-5-12-9-14(4-3-13(12)10-15)16-11-20-8-2-7-18-17(20)19-16/h2-11H,1H3. The van der Waals surface area contributed by atoms with E-state index in [1.54, 1.807) is 13.3 Å². The first-order valence-corrected chi connectivity index (χ1v) is 6.71. The van der Waals surface area contributed by atoms with Crippen LogP contribution in [0.15, 0.2) is 61.1 Å². The number of methoxy groups -OCH3 is 1. The fourth-order valence-electron chi connectivity index (χ4n) is 2.48. The van der Waals surface area contributed by atoms with Gasteiger partial charge < -0.3 is 4.74 Å². The molecule has 0 bridgehead atoms. The molecular formula is C17H13N3O. The van der Waals surface area contributed by atoms with E-state index in [1.807, 2.05) is 35.0 Å². The number of rotatable bonds is 2. The molecule has 0 aliphatic carbocycles. The van der Waals surface area contributed by atoms with Gasteiger partial charge in [-0.05, 0) is 35.0 Å². The van der Waals surface area contributed by atoms with Crippen molar-refractivity contribution < 1.29 is 4.74 Å². The van der Waals surface area contributed by atoms with E-state index in [0.717, 1.165) is 22.4 Å². The molecular weight excluding hydrogens is 262 g/mol. The highest BCUT2D eigenvalue weighted by atomic mass is 16.5. The zero-order valence-corrected chi connectivity index (χ0v) is 11.5. The molecule has 0 amide bonds. The summed E-state index contributed by atoms with van der Waals surface area (Å²) >= 11 is 0. The molecule has 0 unspecified atom stereocenters. The van der Waals surface area contributed by atoms with Crippen LogP contribution in [0.4, 0.5) is 0 Å². The summed E-state index contributed by atoms with van der Waals surface area (Å²) in [5.41, 5.74) is 2.00. The molecule has 0 fully saturated rings. The van der Waals surface area contributed by atoms with Crippen molar-refractivity contribution in [2.24, 2.45) is 0 Å². The number of hydrogen-bond donors (Lipinski definition) is 0. The summed E-state index contributed by atoms with van der Waals surface area (Å²) in [5, 5.41) is 2.32. The second kappa shape index (κ2) is 4.59. The van der Waals surface area contributed by atoms with Gasteiger partial charge in [-0.3, -0.25) is 4.40 Å². The van der Waals surface area contributed by atoms with E-state index < -0.39 is 0 Å². The normalized spacial score (nSPS) is 11.1. The maximum atomic E-state index is 5.25. The van der Waals surface area contributed by atoms with Gasteiger partial charge in [-0.25, -0.2) is 9.97 Å². The predicted molar refractivity (Wildman–Crippen MR) is 82.5 cm³/mol. The minimum atomic E-state index is 0.710. The number of fused-ring (bicyclic) bond motifs is 2. The SMILES string of the molecule is COc1ccc2cc(-c3cn4cccnc4n3)ccc2c1. The molecule has 21 heavy (non-hydrogen) atoms. The smallest absolute Gasteiger partial charge is 0.234 e. The van der Waals surface area contributed by atoms with E-state index in [2.05, 4.69) is 34.2 Å². The minimum absolute atomic E-state index is 0.710. The van der Waals surface area contributed by atoms with Gasteiger partial charge in [-0.1, -0.05) is 18.2 Å². The van der Waals surface area contributed by atoms with Crippen LogP contribution in [0.3, 0.4) is 0 Å². The maximum absolute atomic E-state index is 5.25. The lowest BCUT2D eigenvalue weighted by molar-refractivity contribution is 0.415. The molecule has 2 aromatic heterocycles. The highest BCUT2D eigenvalue weighted by Gasteiger charge is 2.06. The predicted octanol–water partition coefficient (Wildman–Crippen LogP) is 3.56. The number of nitrogens with zero attached hydrogens (tertiary/aromatic N) is 3. The van der Waals surface area contributed by atoms with Crippen LogP contribution in [-0.4, -0.2) is 21.5 Å². The first kappa shape index (κ1) is 11.9. The summed E-state index contributed by atoms with van der Waals surface area (Å²) in [6.07, 6.45) is 5.69. The Morgan fingerprint density at radius 2 is 1.90 bits per heavy atom. The first-order chi connectivity index (χ1) is 10.3. The van der Waals surface area contributed by atoms with Crippen molar-refractivity contribution in [3.8, 4) is 17.0 Å². The van der Waals surface area contributed by atoms with Crippen molar-refractivity contribution in [2.75, 3.05) is 7.11 Å². The van der Waals surface area contributed by atoms with Crippen LogP contribution in [0.2, 0.25) is 0 Å². The second-order valence-electron chi connectivity index (χ2n) is 4.88. The Kier molecular flexibility index (Phi) is 2.60. The van der Waals surface area contributed by atoms with Crippen LogP contribution >= 0.6 is 0 Å². The van der Waals surface area contributed by atoms with Crippen molar-refractivity contribution >= 4 is 16.6 Å². The zero-order chi connectivity index (χ0) is 14.2. The van der Waals surface area contributed by atoms with Gasteiger partial charge in [-0.2, -0.15) is 0 Å². The molecule has 4 heteroatoms. The largest absolute Gasteiger partial charge is 0.497 e. The monoisotopic (exact) mass is 275 g/mol. The Morgan fingerprint density at radius 1 is 1.05 bits per heavy atom. The summed E-state index contributed by atoms with van der Waals surface area (Å²) in [7, 11) is 1.68. The highest BCUT2D eigenvalue weighted by Crippen LogP contribution is 2.26. The van der Waals surface area contributed by atoms with Gasteiger partial charge in [0.1, 0.15) is 5.75 Å². The van der Waals surface area contributed by atoms with E-state index >= 15 is 0 Å². The molecule has 0 atom stereocenters. The van der Waals surface area contributed by atoms with Crippen molar-refractivity contribution in [1.29, 1.82) is 0 Å². The third-order valence-corrected chi connectivity index (χ3v) is 3.58. The fraction of sp³-hybridized carbons (Fsp3) is 0.0588. The van der Waals surface area contributed by atoms with Gasteiger partial charge in [0.15, 0.2) is 0 Å². The number of imidazole rings is 1. The third-order valence-electron chi connectivity index (χ3n) is 3.58. The van der Waals surface area contributed by atoms with Gasteiger partial charge in [0.05, 0.1) is 12.8 Å². The minimum Gasteiger partial charge on any atom is -0.497 e. The molecule has 2 aromatic carbocycles. The Balaban J connectivity index is 1.86. The molecule has 4 rings (SSSR count). The van der Waals surface area contributed by atoms with E-state index in [9.17, 15) is 0 Å². The maximum Gasteiger partial charge on any atom is 0.234 e. The molecule has 102 valence electrons. The fourth-order valence-corrected chi connectivity index (χ4v) is 2.48. The first-order valence-electron chi connectivity index (χ1n) is 6.71. The lowest BCUT2D eigenvalue weighted by atomic mass is 10.1. The number of hydrogen-bond acceptors (Lipinski definition) is 3. The van der Waals surface area contributed by atoms with Crippen molar-refractivity contribution in [1.82, 2.24) is 14.4 Å². The van der Waals surface area contributed by atoms with Gasteiger partial charge in [-0.15, -0.1) is 0 Å². The molecule has 2 heterocycles. The quantitative estimate of drug-likeness (QED) is 0.561. The van der Waals surface area contributed by atoms with E-state index in [0.29, 0.717) is 5.78 Å². The number of benzene rings is 2. The number of aromatic nitrogens is 3. The topological polar surface area (TPSA) is 39.4 Å².